The summed E-state index contributed by atoms with van der Waals surface area (Å²) in [6.07, 6.45) is -3.55. The number of nitrogens with zero attached hydrogens (tertiary/aromatic N) is 1. The Morgan fingerprint density at radius 1 is 0.914 bits per heavy atom. The van der Waals surface area contributed by atoms with Gasteiger partial charge in [0.05, 0.1) is 28.1 Å². The van der Waals surface area contributed by atoms with E-state index in [1.807, 2.05) is 10.7 Å². The van der Waals surface area contributed by atoms with Crippen molar-refractivity contribution >= 4 is 52.9 Å². The Kier molecular flexibility index (Phi) is 8.10. The number of amides is 2. The molecule has 0 bridgehead atoms. The fourth-order valence-electron chi connectivity index (χ4n) is 2.61. The molecule has 3 aromatic carbocycles. The van der Waals surface area contributed by atoms with Crippen LogP contribution in [-0.2, 0) is 15.8 Å². The lowest BCUT2D eigenvalue weighted by atomic mass is 10.2. The van der Waals surface area contributed by atoms with Crippen LogP contribution in [0.2, 0.25) is 10.0 Å². The minimum atomic E-state index is -4.67. The number of halogens is 5. The van der Waals surface area contributed by atoms with Crippen LogP contribution in [0.15, 0.2) is 71.8 Å². The van der Waals surface area contributed by atoms with E-state index in [-0.39, 0.29) is 21.9 Å². The number of ether oxygens (including phenoxy) is 1. The molecular weight excluding hydrogens is 510 g/mol. The minimum Gasteiger partial charge on any atom is -0.422 e. The number of benzene rings is 3. The average molecular weight is 524 g/mol. The molecule has 0 radical (unpaired) electrons. The highest BCUT2D eigenvalue weighted by atomic mass is 35.5. The van der Waals surface area contributed by atoms with Gasteiger partial charge >= 0.3 is 24.0 Å². The Balaban J connectivity index is 1.64. The first-order valence-corrected chi connectivity index (χ1v) is 10.4. The first-order chi connectivity index (χ1) is 16.5. The van der Waals surface area contributed by atoms with E-state index >= 15 is 0 Å². The largest absolute Gasteiger partial charge is 0.422 e. The fraction of sp³-hybridized carbons (Fsp3) is 0.0435. The number of para-hydroxylation sites is 1. The highest BCUT2D eigenvalue weighted by Gasteiger charge is 2.31. The third-order valence-corrected chi connectivity index (χ3v) is 4.90. The molecule has 12 heteroatoms. The van der Waals surface area contributed by atoms with Crippen LogP contribution in [0.3, 0.4) is 0 Å². The summed E-state index contributed by atoms with van der Waals surface area (Å²) < 4.78 is 43.9. The lowest BCUT2D eigenvalue weighted by Gasteiger charge is -2.11. The third-order valence-electron chi connectivity index (χ3n) is 4.32. The summed E-state index contributed by atoms with van der Waals surface area (Å²) in [5, 5.41) is 5.88. The number of hydrogen-bond acceptors (Lipinski definition) is 5. The molecule has 0 unspecified atom stereocenters. The van der Waals surface area contributed by atoms with Gasteiger partial charge in [0, 0.05) is 10.6 Å². The summed E-state index contributed by atoms with van der Waals surface area (Å²) in [7, 11) is 0. The summed E-state index contributed by atoms with van der Waals surface area (Å²) in [5.74, 6) is -3.12. The highest BCUT2D eigenvalue weighted by Crippen LogP contribution is 2.33. The molecule has 0 aliphatic heterocycles. The molecule has 3 aromatic rings. The van der Waals surface area contributed by atoms with Crippen molar-refractivity contribution in [3.63, 3.8) is 0 Å². The second-order valence-electron chi connectivity index (χ2n) is 6.78. The maximum absolute atomic E-state index is 12.9. The quantitative estimate of drug-likeness (QED) is 0.155. The zero-order chi connectivity index (χ0) is 25.6. The molecule has 180 valence electrons. The van der Waals surface area contributed by atoms with E-state index in [1.54, 1.807) is 12.1 Å². The van der Waals surface area contributed by atoms with E-state index in [0.717, 1.165) is 18.3 Å². The predicted molar refractivity (Wildman–Crippen MR) is 124 cm³/mol. The van der Waals surface area contributed by atoms with Crippen LogP contribution in [0.25, 0.3) is 0 Å². The van der Waals surface area contributed by atoms with Gasteiger partial charge in [-0.05, 0) is 54.6 Å². The Morgan fingerprint density at radius 3 is 2.29 bits per heavy atom. The molecule has 7 nitrogen and oxygen atoms in total. The topological polar surface area (TPSA) is 96.9 Å². The van der Waals surface area contributed by atoms with Crippen molar-refractivity contribution < 1.29 is 32.3 Å². The molecule has 35 heavy (non-hydrogen) atoms. The van der Waals surface area contributed by atoms with Gasteiger partial charge in [-0.1, -0.05) is 35.3 Å². The smallest absolute Gasteiger partial charge is 0.416 e. The minimum absolute atomic E-state index is 0.116. The molecule has 0 saturated heterocycles. The lowest BCUT2D eigenvalue weighted by Crippen LogP contribution is -2.32. The van der Waals surface area contributed by atoms with E-state index in [9.17, 15) is 27.6 Å². The molecule has 0 aromatic heterocycles. The van der Waals surface area contributed by atoms with Crippen LogP contribution in [-0.4, -0.2) is 24.0 Å². The SMILES string of the molecule is O=C(N/N=C/c1ccccc1OC(=O)c1ccc(Cl)cc1)C(=O)Nc1cc(C(F)(F)F)ccc1Cl. The van der Waals surface area contributed by atoms with E-state index in [2.05, 4.69) is 5.10 Å². The van der Waals surface area contributed by atoms with E-state index < -0.39 is 35.2 Å². The monoisotopic (exact) mass is 523 g/mol. The van der Waals surface area contributed by atoms with Gasteiger partial charge in [0.15, 0.2) is 0 Å². The third kappa shape index (κ3) is 7.05. The zero-order valence-corrected chi connectivity index (χ0v) is 18.9. The summed E-state index contributed by atoms with van der Waals surface area (Å²) in [5.41, 5.74) is 1.02. The molecule has 0 aliphatic carbocycles. The van der Waals surface area contributed by atoms with Gasteiger partial charge in [0.25, 0.3) is 0 Å². The van der Waals surface area contributed by atoms with Gasteiger partial charge < -0.3 is 10.1 Å². The van der Waals surface area contributed by atoms with Crippen molar-refractivity contribution in [1.82, 2.24) is 5.43 Å². The van der Waals surface area contributed by atoms with Crippen molar-refractivity contribution in [3.8, 4) is 5.75 Å². The molecule has 0 heterocycles. The highest BCUT2D eigenvalue weighted by molar-refractivity contribution is 6.41. The van der Waals surface area contributed by atoms with Gasteiger partial charge in [-0.15, -0.1) is 0 Å². The molecule has 2 amide bonds. The molecule has 2 N–H and O–H groups in total. The number of carbonyl (C=O) groups is 3. The second-order valence-corrected chi connectivity index (χ2v) is 7.62. The van der Waals surface area contributed by atoms with Crippen molar-refractivity contribution in [1.29, 1.82) is 0 Å². The van der Waals surface area contributed by atoms with E-state index in [4.69, 9.17) is 27.9 Å². The fourth-order valence-corrected chi connectivity index (χ4v) is 2.90. The number of hydrazone groups is 1. The van der Waals surface area contributed by atoms with Crippen LogP contribution in [0, 0.1) is 0 Å². The number of hydrogen-bond donors (Lipinski definition) is 2. The van der Waals surface area contributed by atoms with Crippen LogP contribution >= 0.6 is 23.2 Å². The normalized spacial score (nSPS) is 11.2. The molecule has 0 fully saturated rings. The molecule has 0 atom stereocenters. The maximum Gasteiger partial charge on any atom is 0.416 e. The standard InChI is InChI=1S/C23H14Cl2F3N3O4/c24-16-8-5-13(6-9-16)22(34)35-19-4-2-1-3-14(19)12-29-31-21(33)20(32)30-18-11-15(23(26,27)28)7-10-17(18)25/h1-12H,(H,30,32)(H,31,33)/b29-12+. The summed E-state index contributed by atoms with van der Waals surface area (Å²) in [6, 6.07) is 14.5. The second kappa shape index (κ2) is 11.0. The van der Waals surface area contributed by atoms with Crippen molar-refractivity contribution in [2.75, 3.05) is 5.32 Å². The molecule has 0 spiro atoms. The van der Waals surface area contributed by atoms with Gasteiger partial charge in [-0.25, -0.2) is 10.2 Å². The van der Waals surface area contributed by atoms with Crippen molar-refractivity contribution in [3.05, 3.63) is 93.5 Å². The lowest BCUT2D eigenvalue weighted by molar-refractivity contribution is -0.137. The Bertz CT molecular complexity index is 1300. The number of esters is 1. The number of rotatable bonds is 5. The maximum atomic E-state index is 12.9. The summed E-state index contributed by atoms with van der Waals surface area (Å²) in [6.45, 7) is 0. The van der Waals surface area contributed by atoms with Crippen LogP contribution in [0.5, 0.6) is 5.75 Å². The zero-order valence-electron chi connectivity index (χ0n) is 17.4. The Morgan fingerprint density at radius 2 is 1.60 bits per heavy atom. The molecule has 3 rings (SSSR count). The van der Waals surface area contributed by atoms with Crippen LogP contribution in [0.1, 0.15) is 21.5 Å². The number of anilines is 1. The van der Waals surface area contributed by atoms with E-state index in [0.29, 0.717) is 11.1 Å². The molecule has 0 saturated carbocycles. The van der Waals surface area contributed by atoms with Gasteiger partial charge in [0.1, 0.15) is 5.75 Å². The van der Waals surface area contributed by atoms with Crippen molar-refractivity contribution in [2.45, 2.75) is 6.18 Å². The molecule has 0 aliphatic rings. The Hall–Kier alpha value is -3.89. The first kappa shape index (κ1) is 25.7. The number of carbonyl (C=O) groups excluding carboxylic acids is 3. The van der Waals surface area contributed by atoms with Gasteiger partial charge in [-0.2, -0.15) is 18.3 Å². The number of alkyl halides is 3. The summed E-state index contributed by atoms with van der Waals surface area (Å²) in [4.78, 5) is 36.4. The van der Waals surface area contributed by atoms with Crippen LogP contribution < -0.4 is 15.5 Å². The van der Waals surface area contributed by atoms with Gasteiger partial charge in [0.2, 0.25) is 0 Å². The Labute approximate surface area is 206 Å². The number of nitrogens with one attached hydrogen (secondary N) is 2. The van der Waals surface area contributed by atoms with Crippen LogP contribution in [0.4, 0.5) is 18.9 Å². The molecular formula is C23H14Cl2F3N3O4. The summed E-state index contributed by atoms with van der Waals surface area (Å²) >= 11 is 11.6. The van der Waals surface area contributed by atoms with Gasteiger partial charge in [-0.3, -0.25) is 9.59 Å². The predicted octanol–water partition coefficient (Wildman–Crippen LogP) is 5.32. The van der Waals surface area contributed by atoms with E-state index in [1.165, 1.54) is 36.4 Å². The van der Waals surface area contributed by atoms with Crippen molar-refractivity contribution in [2.24, 2.45) is 5.10 Å². The first-order valence-electron chi connectivity index (χ1n) is 9.62. The average Bonchev–Trinajstić information content (AvgIpc) is 2.81.